The Morgan fingerprint density at radius 1 is 1.04 bits per heavy atom. The van der Waals surface area contributed by atoms with Gasteiger partial charge >= 0.3 is 0 Å². The maximum Gasteiger partial charge on any atom is 0.232 e. The number of ether oxygens (including phenoxy) is 3. The molecule has 0 radical (unpaired) electrons. The Labute approximate surface area is 132 Å². The highest BCUT2D eigenvalue weighted by Gasteiger charge is 2.37. The van der Waals surface area contributed by atoms with Crippen molar-refractivity contribution in [3.63, 3.8) is 0 Å². The number of allylic oxidation sites excluding steroid dienone is 2. The van der Waals surface area contributed by atoms with Gasteiger partial charge in [0.25, 0.3) is 0 Å². The highest BCUT2D eigenvalue weighted by atomic mass is 16.5. The number of aromatic hydroxyl groups is 1. The number of phenols is 1. The van der Waals surface area contributed by atoms with E-state index < -0.39 is 17.3 Å². The summed E-state index contributed by atoms with van der Waals surface area (Å²) in [7, 11) is 3.87. The second-order valence-corrected chi connectivity index (χ2v) is 4.93. The van der Waals surface area contributed by atoms with Crippen LogP contribution in [0.4, 0.5) is 0 Å². The Morgan fingerprint density at radius 2 is 1.65 bits per heavy atom. The number of ketones is 3. The minimum Gasteiger partial charge on any atom is -0.507 e. The fraction of sp³-hybridized carbons (Fsp3) is 0.312. The van der Waals surface area contributed by atoms with Gasteiger partial charge in [-0.15, -0.1) is 0 Å². The monoisotopic (exact) mass is 320 g/mol. The predicted octanol–water partition coefficient (Wildman–Crippen LogP) is 1.45. The zero-order valence-corrected chi connectivity index (χ0v) is 13.2. The number of carbonyl (C=O) groups is 3. The molecule has 0 bridgehead atoms. The van der Waals surface area contributed by atoms with E-state index >= 15 is 0 Å². The van der Waals surface area contributed by atoms with Crippen molar-refractivity contribution in [1.82, 2.24) is 0 Å². The molecule has 1 N–H and O–H groups in total. The van der Waals surface area contributed by atoms with Crippen molar-refractivity contribution in [2.75, 3.05) is 21.3 Å². The molecule has 2 rings (SSSR count). The third-order valence-corrected chi connectivity index (χ3v) is 3.49. The van der Waals surface area contributed by atoms with Gasteiger partial charge in [-0.05, 0) is 6.92 Å². The lowest BCUT2D eigenvalue weighted by Crippen LogP contribution is -2.21. The van der Waals surface area contributed by atoms with Crippen molar-refractivity contribution in [2.24, 2.45) is 0 Å². The molecule has 0 unspecified atom stereocenters. The first kappa shape index (κ1) is 16.5. The van der Waals surface area contributed by atoms with Gasteiger partial charge in [0.1, 0.15) is 11.5 Å². The summed E-state index contributed by atoms with van der Waals surface area (Å²) in [5.41, 5.74) is -0.266. The molecule has 1 aromatic rings. The first-order chi connectivity index (χ1) is 10.9. The number of phenolic OH excluding ortho intramolecular Hbond substituents is 1. The molecule has 7 nitrogen and oxygen atoms in total. The lowest BCUT2D eigenvalue weighted by Gasteiger charge is -2.22. The van der Waals surface area contributed by atoms with Crippen LogP contribution in [0.15, 0.2) is 11.8 Å². The Morgan fingerprint density at radius 3 is 2.13 bits per heavy atom. The van der Waals surface area contributed by atoms with Crippen LogP contribution in [-0.2, 0) is 16.0 Å². The summed E-state index contributed by atoms with van der Waals surface area (Å²) in [6.07, 6.45) is 0.850. The molecule has 0 fully saturated rings. The van der Waals surface area contributed by atoms with Crippen molar-refractivity contribution in [3.05, 3.63) is 28.5 Å². The molecule has 0 atom stereocenters. The minimum atomic E-state index is -0.662. The molecular formula is C16H16O7. The maximum atomic E-state index is 12.4. The largest absolute Gasteiger partial charge is 0.507 e. The van der Waals surface area contributed by atoms with E-state index in [1.807, 2.05) is 0 Å². The van der Waals surface area contributed by atoms with Crippen LogP contribution in [0.25, 0.3) is 0 Å². The van der Waals surface area contributed by atoms with Crippen molar-refractivity contribution in [2.45, 2.75) is 13.3 Å². The Balaban J connectivity index is 2.89. The number of methoxy groups -OCH3 is 3. The van der Waals surface area contributed by atoms with Gasteiger partial charge in [0.15, 0.2) is 23.0 Å². The van der Waals surface area contributed by atoms with E-state index in [-0.39, 0.29) is 46.2 Å². The van der Waals surface area contributed by atoms with Gasteiger partial charge in [-0.3, -0.25) is 14.4 Å². The van der Waals surface area contributed by atoms with Crippen LogP contribution in [-0.4, -0.2) is 43.8 Å². The quantitative estimate of drug-likeness (QED) is 0.876. The van der Waals surface area contributed by atoms with Crippen molar-refractivity contribution < 1.29 is 33.7 Å². The molecular weight excluding hydrogens is 304 g/mol. The number of rotatable bonds is 5. The van der Waals surface area contributed by atoms with Gasteiger partial charge in [0.2, 0.25) is 5.78 Å². The summed E-state index contributed by atoms with van der Waals surface area (Å²) in [5.74, 6) is -2.09. The van der Waals surface area contributed by atoms with Crippen molar-refractivity contribution >= 4 is 17.3 Å². The average Bonchev–Trinajstić information content (AvgIpc) is 2.51. The first-order valence-corrected chi connectivity index (χ1v) is 6.71. The molecule has 0 amide bonds. The van der Waals surface area contributed by atoms with Gasteiger partial charge in [-0.1, -0.05) is 0 Å². The van der Waals surface area contributed by atoms with Crippen LogP contribution in [0.5, 0.6) is 17.2 Å². The van der Waals surface area contributed by atoms with E-state index in [2.05, 4.69) is 0 Å². The van der Waals surface area contributed by atoms with Gasteiger partial charge in [-0.2, -0.15) is 0 Å². The molecule has 1 aliphatic carbocycles. The topological polar surface area (TPSA) is 99.1 Å². The zero-order valence-electron chi connectivity index (χ0n) is 13.2. The molecule has 1 aromatic carbocycles. The highest BCUT2D eigenvalue weighted by molar-refractivity contribution is 6.26. The lowest BCUT2D eigenvalue weighted by atomic mass is 9.88. The van der Waals surface area contributed by atoms with Crippen LogP contribution in [0, 0.1) is 0 Å². The number of fused-ring (bicyclic) bond motifs is 1. The summed E-state index contributed by atoms with van der Waals surface area (Å²) < 4.78 is 15.3. The van der Waals surface area contributed by atoms with Crippen LogP contribution in [0.3, 0.4) is 0 Å². The Bertz CT molecular complexity index is 744. The van der Waals surface area contributed by atoms with Gasteiger partial charge in [-0.25, -0.2) is 0 Å². The fourth-order valence-electron chi connectivity index (χ4n) is 2.55. The Kier molecular flexibility index (Phi) is 4.40. The normalized spacial score (nSPS) is 13.3. The molecule has 0 saturated heterocycles. The number of benzene rings is 1. The number of Topliss-reactive ketones (excluding diaryl/α,β-unsaturated/α-hetero) is 2. The van der Waals surface area contributed by atoms with E-state index in [1.54, 1.807) is 0 Å². The summed E-state index contributed by atoms with van der Waals surface area (Å²) in [5, 5.41) is 10.5. The number of hydrogen-bond acceptors (Lipinski definition) is 7. The van der Waals surface area contributed by atoms with Gasteiger partial charge in [0, 0.05) is 18.1 Å². The van der Waals surface area contributed by atoms with E-state index in [0.717, 1.165) is 6.08 Å². The number of carbonyl (C=O) groups excluding carboxylic acids is 3. The predicted molar refractivity (Wildman–Crippen MR) is 79.3 cm³/mol. The highest BCUT2D eigenvalue weighted by Crippen LogP contribution is 2.46. The lowest BCUT2D eigenvalue weighted by molar-refractivity contribution is -0.116. The van der Waals surface area contributed by atoms with E-state index in [0.29, 0.717) is 0 Å². The minimum absolute atomic E-state index is 0.00121. The van der Waals surface area contributed by atoms with Gasteiger partial charge in [0.05, 0.1) is 32.5 Å². The van der Waals surface area contributed by atoms with Gasteiger partial charge < -0.3 is 19.3 Å². The molecule has 0 aliphatic heterocycles. The zero-order chi connectivity index (χ0) is 17.3. The number of hydrogen-bond donors (Lipinski definition) is 1. The molecule has 23 heavy (non-hydrogen) atoms. The molecule has 0 heterocycles. The smallest absolute Gasteiger partial charge is 0.232 e. The third kappa shape index (κ3) is 2.54. The summed E-state index contributed by atoms with van der Waals surface area (Å²) in [6.45, 7) is 1.33. The molecule has 1 aliphatic rings. The maximum absolute atomic E-state index is 12.4. The average molecular weight is 320 g/mol. The molecule has 0 aromatic heterocycles. The fourth-order valence-corrected chi connectivity index (χ4v) is 2.55. The first-order valence-electron chi connectivity index (χ1n) is 6.71. The molecule has 0 spiro atoms. The van der Waals surface area contributed by atoms with Crippen molar-refractivity contribution in [3.8, 4) is 17.2 Å². The summed E-state index contributed by atoms with van der Waals surface area (Å²) >= 11 is 0. The standard InChI is InChI=1S/C16H16O7/c1-7(17)5-8-13(19)12-11(16(23-4)15(8)22-3)9(18)6-10(21-2)14(12)20/h6,19H,5H2,1-4H3. The molecule has 0 saturated carbocycles. The van der Waals surface area contributed by atoms with E-state index in [1.165, 1.54) is 28.3 Å². The summed E-state index contributed by atoms with van der Waals surface area (Å²) in [4.78, 5) is 36.2. The van der Waals surface area contributed by atoms with Crippen LogP contribution in [0.1, 0.15) is 33.2 Å². The van der Waals surface area contributed by atoms with Crippen LogP contribution < -0.4 is 9.47 Å². The van der Waals surface area contributed by atoms with Crippen molar-refractivity contribution in [1.29, 1.82) is 0 Å². The summed E-state index contributed by atoms with van der Waals surface area (Å²) in [6, 6.07) is 0. The molecule has 122 valence electrons. The van der Waals surface area contributed by atoms with E-state index in [4.69, 9.17) is 14.2 Å². The second kappa shape index (κ2) is 6.12. The second-order valence-electron chi connectivity index (χ2n) is 4.93. The third-order valence-electron chi connectivity index (χ3n) is 3.49. The van der Waals surface area contributed by atoms with Crippen LogP contribution >= 0.6 is 0 Å². The Hall–Kier alpha value is -2.83. The van der Waals surface area contributed by atoms with E-state index in [9.17, 15) is 19.5 Å². The molecule has 7 heteroatoms. The van der Waals surface area contributed by atoms with Crippen LogP contribution in [0.2, 0.25) is 0 Å². The SMILES string of the molecule is COC1=CC(=O)c2c(OC)c(OC)c(CC(C)=O)c(O)c2C1=O.